The molecule has 5 aliphatic heterocycles. The number of likely N-dealkylation sites (tertiary alicyclic amines) is 2. The Kier molecular flexibility index (Phi) is 27.9. The van der Waals surface area contributed by atoms with Crippen LogP contribution in [-0.2, 0) is 28.3 Å². The number of pyridine rings is 2. The number of aromatic nitrogens is 2. The second-order valence-corrected chi connectivity index (χ2v) is 24.8. The maximum atomic E-state index is 12.7. The summed E-state index contributed by atoms with van der Waals surface area (Å²) in [7, 11) is -0.556. The lowest BCUT2D eigenvalue weighted by atomic mass is 9.76. The Balaban J connectivity index is 0.000000271. The minimum atomic E-state index is -4.22. The van der Waals surface area contributed by atoms with E-state index in [1.165, 1.54) is 9.80 Å². The predicted octanol–water partition coefficient (Wildman–Crippen LogP) is 12.4. The molecule has 2 atom stereocenters. The first-order valence-corrected chi connectivity index (χ1v) is 30.2. The van der Waals surface area contributed by atoms with Crippen LogP contribution in [0.3, 0.4) is 0 Å². The molecule has 486 valence electrons. The van der Waals surface area contributed by atoms with Crippen molar-refractivity contribution in [2.24, 2.45) is 11.8 Å². The van der Waals surface area contributed by atoms with E-state index in [-0.39, 0.29) is 37.7 Å². The zero-order valence-corrected chi connectivity index (χ0v) is 55.3. The SMILES string of the molecule is CC1(Nc2cc(I)cc(N)n2)COC1.CCOCC.CCOCC.Cc1ccc(NC(=O)N2CC[C@@H](CC(F)(F)F)C2)cc1-c1cc(N)nc(NC2(C)COC2)c1.Cc1ccc(NC(=O)N2CC[C@@H](CC(F)(F)F)C2)cc1B1OC(C)(C)C(C)(C)O1.S. The normalized spacial score (nSPS) is 19.3. The van der Waals surface area contributed by atoms with Crippen LogP contribution in [-0.4, -0.2) is 153 Å². The van der Waals surface area contributed by atoms with Crippen molar-refractivity contribution in [2.75, 3.05) is 112 Å². The van der Waals surface area contributed by atoms with E-state index in [2.05, 4.69) is 60.7 Å². The van der Waals surface area contributed by atoms with E-state index < -0.39 is 67.4 Å². The summed E-state index contributed by atoms with van der Waals surface area (Å²) in [5, 5.41) is 12.3. The topological polar surface area (TPSA) is 222 Å². The van der Waals surface area contributed by atoms with Crippen LogP contribution in [0.5, 0.6) is 0 Å². The molecular formula is C60H90BF6IN10O8S. The van der Waals surface area contributed by atoms with E-state index in [0.717, 1.165) is 76.7 Å². The average Bonchev–Trinajstić information content (AvgIpc) is 2.17. The van der Waals surface area contributed by atoms with Crippen LogP contribution < -0.4 is 38.2 Å². The Hall–Kier alpha value is -5.04. The first-order valence-electron chi connectivity index (χ1n) is 29.1. The number of nitrogens with one attached hydrogen (secondary N) is 4. The summed E-state index contributed by atoms with van der Waals surface area (Å²) in [4.78, 5) is 36.6. The van der Waals surface area contributed by atoms with Gasteiger partial charge in [0.1, 0.15) is 23.3 Å². The maximum Gasteiger partial charge on any atom is 0.495 e. The van der Waals surface area contributed by atoms with Crippen LogP contribution >= 0.6 is 36.1 Å². The number of nitrogens with two attached hydrogens (primary N) is 2. The Bertz CT molecular complexity index is 2810. The van der Waals surface area contributed by atoms with Gasteiger partial charge in [0, 0.05) is 80.4 Å². The molecule has 0 bridgehead atoms. The first kappa shape index (κ1) is 74.4. The molecule has 2 aromatic carbocycles. The van der Waals surface area contributed by atoms with Crippen LogP contribution in [0.4, 0.5) is 70.6 Å². The van der Waals surface area contributed by atoms with E-state index in [4.69, 9.17) is 39.7 Å². The molecule has 2 aromatic heterocycles. The number of carbonyl (C=O) groups is 2. The summed E-state index contributed by atoms with van der Waals surface area (Å²) in [6.07, 6.45) is -9.43. The Morgan fingerprint density at radius 1 is 0.644 bits per heavy atom. The number of alkyl halides is 6. The van der Waals surface area contributed by atoms with Crippen LogP contribution in [0.2, 0.25) is 0 Å². The molecule has 5 fully saturated rings. The molecule has 5 aliphatic rings. The van der Waals surface area contributed by atoms with Gasteiger partial charge in [0.15, 0.2) is 0 Å². The van der Waals surface area contributed by atoms with Crippen LogP contribution in [0.15, 0.2) is 60.7 Å². The number of anilines is 6. The molecule has 4 amide bonds. The number of hydrogen-bond donors (Lipinski definition) is 6. The summed E-state index contributed by atoms with van der Waals surface area (Å²) < 4.78 is 109. The van der Waals surface area contributed by atoms with Crippen LogP contribution in [0.25, 0.3) is 11.1 Å². The third-order valence-corrected chi connectivity index (χ3v) is 15.7. The number of rotatable bonds is 14. The molecular weight excluding hydrogens is 1270 g/mol. The second-order valence-electron chi connectivity index (χ2n) is 23.6. The lowest BCUT2D eigenvalue weighted by Gasteiger charge is -2.39. The molecule has 18 nitrogen and oxygen atoms in total. The minimum Gasteiger partial charge on any atom is -0.399 e. The number of nitrogens with zero attached hydrogens (tertiary/aromatic N) is 4. The second kappa shape index (κ2) is 32.6. The molecule has 4 aromatic rings. The Morgan fingerprint density at radius 2 is 1.06 bits per heavy atom. The molecule has 0 spiro atoms. The molecule has 0 aliphatic carbocycles. The van der Waals surface area contributed by atoms with Gasteiger partial charge >= 0.3 is 31.5 Å². The number of halogens is 7. The highest BCUT2D eigenvalue weighted by atomic mass is 127. The number of hydrogen-bond acceptors (Lipinski definition) is 14. The monoisotopic (exact) mass is 1360 g/mol. The largest absolute Gasteiger partial charge is 0.495 e. The van der Waals surface area contributed by atoms with Crippen molar-refractivity contribution >= 4 is 95.4 Å². The number of ether oxygens (including phenoxy) is 4. The van der Waals surface area contributed by atoms with E-state index in [9.17, 15) is 35.9 Å². The van der Waals surface area contributed by atoms with Crippen molar-refractivity contribution in [3.8, 4) is 11.1 Å². The van der Waals surface area contributed by atoms with Gasteiger partial charge in [-0.3, -0.25) is 0 Å². The quantitative estimate of drug-likeness (QED) is 0.0393. The summed E-state index contributed by atoms with van der Waals surface area (Å²) in [5.41, 5.74) is 16.2. The lowest BCUT2D eigenvalue weighted by molar-refractivity contribution is -0.144. The van der Waals surface area contributed by atoms with Gasteiger partial charge < -0.3 is 70.8 Å². The zero-order chi connectivity index (χ0) is 63.8. The molecule has 9 rings (SSSR count). The molecule has 8 N–H and O–H groups in total. The van der Waals surface area contributed by atoms with Gasteiger partial charge in [0.05, 0.1) is 48.7 Å². The van der Waals surface area contributed by atoms with Crippen molar-refractivity contribution in [1.29, 1.82) is 0 Å². The third kappa shape index (κ3) is 23.7. The molecule has 7 heterocycles. The summed E-state index contributed by atoms with van der Waals surface area (Å²) in [6, 6.07) is 17.6. The zero-order valence-electron chi connectivity index (χ0n) is 52.2. The van der Waals surface area contributed by atoms with Gasteiger partial charge in [-0.25, -0.2) is 19.6 Å². The average molecular weight is 1360 g/mol. The number of nitrogen functional groups attached to an aromatic ring is 2. The Labute approximate surface area is 530 Å². The maximum absolute atomic E-state index is 12.7. The van der Waals surface area contributed by atoms with Gasteiger partial charge in [-0.05, 0) is 201 Å². The number of amides is 4. The number of benzene rings is 2. The minimum absolute atomic E-state index is 0. The van der Waals surface area contributed by atoms with Gasteiger partial charge in [0.25, 0.3) is 0 Å². The van der Waals surface area contributed by atoms with Crippen molar-refractivity contribution in [1.82, 2.24) is 19.8 Å². The highest BCUT2D eigenvalue weighted by molar-refractivity contribution is 14.1. The number of carbonyl (C=O) groups excluding carboxylic acids is 2. The van der Waals surface area contributed by atoms with E-state index in [1.54, 1.807) is 24.3 Å². The molecule has 0 unspecified atom stereocenters. The Morgan fingerprint density at radius 3 is 1.45 bits per heavy atom. The van der Waals surface area contributed by atoms with Crippen LogP contribution in [0, 0.1) is 29.3 Å². The summed E-state index contributed by atoms with van der Waals surface area (Å²) in [5.74, 6) is 1.26. The predicted molar refractivity (Wildman–Crippen MR) is 346 cm³/mol. The highest BCUT2D eigenvalue weighted by Gasteiger charge is 2.52. The fraction of sp³-hybridized carbons (Fsp3) is 0.600. The van der Waals surface area contributed by atoms with Gasteiger partial charge in [-0.2, -0.15) is 39.8 Å². The smallest absolute Gasteiger partial charge is 0.399 e. The standard InChI is InChI=1S/C23H28F3N5O2.C20H28BF3N2O3.C9H12IN3O.2C4H10O.H2S/c1-14-3-4-17(28-21(32)31-6-5-15(11-31)10-23(24,25)26)9-18(14)16-7-19(27)29-20(8-16)30-22(2)12-33-13-22;1-13-6-7-15(10-16(13)21-28-18(2,3)19(4,5)29-21)25-17(27)26-9-8-14(12-26)11-20(22,23)24;1-9(4-14-5-9)13-8-3-6(10)2-7(11)12-8;2*1-3-5-4-2;/h3-4,7-9,15H,5-6,10-13H2,1-2H3,(H,28,32)(H3,27,29,30);6-7,10,14H,8-9,11-12H2,1-5H3,(H,25,27);2-3H,4-5H2,1H3,(H3,11,12,13);2*3-4H2,1-2H3;1H2/t15-;14-;;;;/m00..../s1. The lowest BCUT2D eigenvalue weighted by Crippen LogP contribution is -2.53. The van der Waals surface area contributed by atoms with Crippen LogP contribution in [0.1, 0.15) is 106 Å². The van der Waals surface area contributed by atoms with Crippen molar-refractivity contribution in [3.63, 3.8) is 0 Å². The highest BCUT2D eigenvalue weighted by Crippen LogP contribution is 2.38. The van der Waals surface area contributed by atoms with Crippen molar-refractivity contribution in [3.05, 3.63) is 75.4 Å². The van der Waals surface area contributed by atoms with E-state index >= 15 is 0 Å². The van der Waals surface area contributed by atoms with Crippen molar-refractivity contribution < 1.29 is 64.2 Å². The van der Waals surface area contributed by atoms with Gasteiger partial charge in [0.2, 0.25) is 0 Å². The van der Waals surface area contributed by atoms with Gasteiger partial charge in [-0.1, -0.05) is 17.7 Å². The first-order chi connectivity index (χ1) is 40.2. The van der Waals surface area contributed by atoms with Crippen molar-refractivity contribution in [2.45, 2.75) is 143 Å². The fourth-order valence-electron chi connectivity index (χ4n) is 9.72. The number of aryl methyl sites for hydroxylation is 2. The summed E-state index contributed by atoms with van der Waals surface area (Å²) >= 11 is 2.22. The molecule has 0 saturated carbocycles. The van der Waals surface area contributed by atoms with Gasteiger partial charge in [-0.15, -0.1) is 0 Å². The van der Waals surface area contributed by atoms with E-state index in [0.29, 0.717) is 68.0 Å². The molecule has 27 heteroatoms. The molecule has 87 heavy (non-hydrogen) atoms. The summed E-state index contributed by atoms with van der Waals surface area (Å²) in [6.45, 7) is 30.7. The third-order valence-electron chi connectivity index (χ3n) is 15.0. The fourth-order valence-corrected chi connectivity index (χ4v) is 10.3. The number of urea groups is 2. The van der Waals surface area contributed by atoms with E-state index in [1.807, 2.05) is 113 Å². The molecule has 5 saturated heterocycles. The molecule has 0 radical (unpaired) electrons.